The van der Waals surface area contributed by atoms with Crippen molar-refractivity contribution in [2.45, 2.75) is 32.6 Å². The summed E-state index contributed by atoms with van der Waals surface area (Å²) >= 11 is 0. The van der Waals surface area contributed by atoms with Crippen LogP contribution >= 0.6 is 0 Å². The quantitative estimate of drug-likeness (QED) is 0.817. The number of carbonyl (C=O) groups excluding carboxylic acids is 2. The fourth-order valence-electron chi connectivity index (χ4n) is 3.62. The summed E-state index contributed by atoms with van der Waals surface area (Å²) in [5.74, 6) is -0.216. The lowest BCUT2D eigenvalue weighted by Gasteiger charge is -2.34. The van der Waals surface area contributed by atoms with Crippen LogP contribution in [0, 0.1) is 12.8 Å². The van der Waals surface area contributed by atoms with Gasteiger partial charge in [-0.25, -0.2) is 0 Å². The summed E-state index contributed by atoms with van der Waals surface area (Å²) in [5, 5.41) is 0. The highest BCUT2D eigenvalue weighted by atomic mass is 16.2. The third-order valence-corrected chi connectivity index (χ3v) is 5.19. The normalized spacial score (nSPS) is 21.2. The summed E-state index contributed by atoms with van der Waals surface area (Å²) in [7, 11) is 1.82. The summed E-state index contributed by atoms with van der Waals surface area (Å²) in [6.07, 6.45) is 5.38. The van der Waals surface area contributed by atoms with Gasteiger partial charge in [0.05, 0.1) is 5.92 Å². The van der Waals surface area contributed by atoms with Gasteiger partial charge in [-0.2, -0.15) is 0 Å². The van der Waals surface area contributed by atoms with Gasteiger partial charge < -0.3 is 14.4 Å². The van der Waals surface area contributed by atoms with Crippen molar-refractivity contribution in [1.82, 2.24) is 14.4 Å². The standard InChI is InChI=1S/C18H25N3O3/c1-13-10-16(22)15(12-19(13)2)18(24)21-9-5-6-14(11-21)17(23)20-7-3-4-8-20/h10,12,14H,3-9,11H2,1-2H3/t14-/m0/s1. The molecule has 3 heterocycles. The second-order valence-corrected chi connectivity index (χ2v) is 6.93. The average molecular weight is 331 g/mol. The first-order chi connectivity index (χ1) is 11.5. The lowest BCUT2D eigenvalue weighted by Crippen LogP contribution is -2.47. The second kappa shape index (κ2) is 6.79. The van der Waals surface area contributed by atoms with E-state index in [0.29, 0.717) is 13.1 Å². The van der Waals surface area contributed by atoms with Gasteiger partial charge in [0.1, 0.15) is 5.56 Å². The van der Waals surface area contributed by atoms with E-state index in [0.717, 1.165) is 44.5 Å². The van der Waals surface area contributed by atoms with Gasteiger partial charge in [0.2, 0.25) is 5.91 Å². The number of hydrogen-bond acceptors (Lipinski definition) is 3. The van der Waals surface area contributed by atoms with Crippen LogP contribution in [0.15, 0.2) is 17.1 Å². The molecule has 3 rings (SSSR count). The molecule has 2 fully saturated rings. The van der Waals surface area contributed by atoms with Crippen LogP contribution in [0.5, 0.6) is 0 Å². The van der Waals surface area contributed by atoms with Crippen LogP contribution < -0.4 is 5.43 Å². The van der Waals surface area contributed by atoms with Crippen LogP contribution in [0.3, 0.4) is 0 Å². The van der Waals surface area contributed by atoms with Crippen molar-refractivity contribution < 1.29 is 9.59 Å². The zero-order valence-electron chi connectivity index (χ0n) is 14.5. The molecule has 1 atom stereocenters. The predicted octanol–water partition coefficient (Wildman–Crippen LogP) is 1.17. The zero-order chi connectivity index (χ0) is 17.3. The van der Waals surface area contributed by atoms with Crippen LogP contribution in [0.2, 0.25) is 0 Å². The largest absolute Gasteiger partial charge is 0.354 e. The van der Waals surface area contributed by atoms with Gasteiger partial charge in [-0.15, -0.1) is 0 Å². The second-order valence-electron chi connectivity index (χ2n) is 6.93. The molecule has 130 valence electrons. The molecule has 2 amide bonds. The lowest BCUT2D eigenvalue weighted by atomic mass is 9.96. The topological polar surface area (TPSA) is 62.6 Å². The van der Waals surface area contributed by atoms with Crippen molar-refractivity contribution in [3.63, 3.8) is 0 Å². The summed E-state index contributed by atoms with van der Waals surface area (Å²) in [6.45, 7) is 4.54. The van der Waals surface area contributed by atoms with Crippen LogP contribution in [0.4, 0.5) is 0 Å². The molecule has 1 aromatic rings. The third-order valence-electron chi connectivity index (χ3n) is 5.19. The Bertz CT molecular complexity index is 704. The molecule has 2 aliphatic rings. The highest BCUT2D eigenvalue weighted by Gasteiger charge is 2.33. The fourth-order valence-corrected chi connectivity index (χ4v) is 3.62. The number of aryl methyl sites for hydroxylation is 2. The smallest absolute Gasteiger partial charge is 0.259 e. The average Bonchev–Trinajstić information content (AvgIpc) is 3.11. The van der Waals surface area contributed by atoms with Gasteiger partial charge in [0, 0.05) is 51.2 Å². The fraction of sp³-hybridized carbons (Fsp3) is 0.611. The Morgan fingerprint density at radius 1 is 1.08 bits per heavy atom. The molecule has 0 saturated carbocycles. The molecule has 0 radical (unpaired) electrons. The number of piperidine rings is 1. The SMILES string of the molecule is Cc1cc(=O)c(C(=O)N2CCC[C@H](C(=O)N3CCCC3)C2)cn1C. The van der Waals surface area contributed by atoms with E-state index in [-0.39, 0.29) is 28.7 Å². The Balaban J connectivity index is 1.74. The van der Waals surface area contributed by atoms with E-state index >= 15 is 0 Å². The van der Waals surface area contributed by atoms with Gasteiger partial charge >= 0.3 is 0 Å². The molecular weight excluding hydrogens is 306 g/mol. The number of nitrogens with zero attached hydrogens (tertiary/aromatic N) is 3. The van der Waals surface area contributed by atoms with Gasteiger partial charge in [-0.1, -0.05) is 0 Å². The Hall–Kier alpha value is -2.11. The first kappa shape index (κ1) is 16.7. The maximum Gasteiger partial charge on any atom is 0.259 e. The minimum absolute atomic E-state index is 0.130. The number of pyridine rings is 1. The zero-order valence-corrected chi connectivity index (χ0v) is 14.5. The maximum atomic E-state index is 12.8. The number of rotatable bonds is 2. The van der Waals surface area contributed by atoms with E-state index in [4.69, 9.17) is 0 Å². The van der Waals surface area contributed by atoms with Gasteiger partial charge in [-0.05, 0) is 32.6 Å². The van der Waals surface area contributed by atoms with Crippen molar-refractivity contribution in [2.24, 2.45) is 13.0 Å². The van der Waals surface area contributed by atoms with Gasteiger partial charge in [-0.3, -0.25) is 14.4 Å². The molecule has 24 heavy (non-hydrogen) atoms. The van der Waals surface area contributed by atoms with Gasteiger partial charge in [0.25, 0.3) is 5.91 Å². The first-order valence-electron chi connectivity index (χ1n) is 8.72. The number of hydrogen-bond donors (Lipinski definition) is 0. The molecule has 2 saturated heterocycles. The van der Waals surface area contributed by atoms with Crippen LogP contribution in [0.25, 0.3) is 0 Å². The summed E-state index contributed by atoms with van der Waals surface area (Å²) in [6, 6.07) is 1.49. The Morgan fingerprint density at radius 2 is 1.75 bits per heavy atom. The number of carbonyl (C=O) groups is 2. The minimum atomic E-state index is -0.255. The molecule has 0 unspecified atom stereocenters. The van der Waals surface area contributed by atoms with Crippen LogP contribution in [-0.4, -0.2) is 52.4 Å². The molecule has 0 aromatic carbocycles. The highest BCUT2D eigenvalue weighted by molar-refractivity contribution is 5.94. The van der Waals surface area contributed by atoms with E-state index in [1.165, 1.54) is 6.07 Å². The summed E-state index contributed by atoms with van der Waals surface area (Å²) in [4.78, 5) is 41.1. The Kier molecular flexibility index (Phi) is 4.73. The Morgan fingerprint density at radius 3 is 2.46 bits per heavy atom. The van der Waals surface area contributed by atoms with Crippen molar-refractivity contribution in [1.29, 1.82) is 0 Å². The molecule has 1 aromatic heterocycles. The molecular formula is C18H25N3O3. The number of amides is 2. The monoisotopic (exact) mass is 331 g/mol. The van der Waals surface area contributed by atoms with Crippen molar-refractivity contribution >= 4 is 11.8 Å². The summed E-state index contributed by atoms with van der Waals surface area (Å²) in [5.41, 5.74) is 0.762. The maximum absolute atomic E-state index is 12.8. The molecule has 2 aliphatic heterocycles. The van der Waals surface area contributed by atoms with Crippen molar-refractivity contribution in [3.05, 3.63) is 33.7 Å². The van der Waals surface area contributed by atoms with Crippen molar-refractivity contribution in [3.8, 4) is 0 Å². The molecule has 0 aliphatic carbocycles. The molecule has 6 heteroatoms. The van der Waals surface area contributed by atoms with Gasteiger partial charge in [0.15, 0.2) is 5.43 Å². The van der Waals surface area contributed by atoms with E-state index in [2.05, 4.69) is 0 Å². The summed E-state index contributed by atoms with van der Waals surface area (Å²) < 4.78 is 1.78. The molecule has 0 spiro atoms. The molecule has 6 nitrogen and oxygen atoms in total. The van der Waals surface area contributed by atoms with E-state index in [1.807, 2.05) is 18.9 Å². The lowest BCUT2D eigenvalue weighted by molar-refractivity contribution is -0.135. The van der Waals surface area contributed by atoms with E-state index in [9.17, 15) is 14.4 Å². The van der Waals surface area contributed by atoms with Crippen molar-refractivity contribution in [2.75, 3.05) is 26.2 Å². The molecule has 0 bridgehead atoms. The third kappa shape index (κ3) is 3.23. The van der Waals surface area contributed by atoms with E-state index in [1.54, 1.807) is 15.7 Å². The predicted molar refractivity (Wildman–Crippen MR) is 90.9 cm³/mol. The highest BCUT2D eigenvalue weighted by Crippen LogP contribution is 2.22. The first-order valence-corrected chi connectivity index (χ1v) is 8.72. The van der Waals surface area contributed by atoms with E-state index < -0.39 is 0 Å². The number of aromatic nitrogens is 1. The molecule has 0 N–H and O–H groups in total. The minimum Gasteiger partial charge on any atom is -0.354 e. The number of likely N-dealkylation sites (tertiary alicyclic amines) is 2. The van der Waals surface area contributed by atoms with Crippen LogP contribution in [0.1, 0.15) is 41.7 Å². The Labute approximate surface area is 142 Å². The van der Waals surface area contributed by atoms with Crippen LogP contribution in [-0.2, 0) is 11.8 Å².